The smallest absolute Gasteiger partial charge is 0.0900 e. The second-order valence-corrected chi connectivity index (χ2v) is 7.91. The molecule has 4 nitrogen and oxygen atoms in total. The predicted octanol–water partition coefficient (Wildman–Crippen LogP) is 3.39. The van der Waals surface area contributed by atoms with Gasteiger partial charge in [0.1, 0.15) is 0 Å². The minimum absolute atomic E-state index is 0.129. The highest BCUT2D eigenvalue weighted by molar-refractivity contribution is 7.11. The van der Waals surface area contributed by atoms with Crippen LogP contribution in [0.1, 0.15) is 66.6 Å². The fraction of sp³-hybridized carbons (Fsp3) is 0.812. The third kappa shape index (κ3) is 3.16. The summed E-state index contributed by atoms with van der Waals surface area (Å²) in [6.45, 7) is 5.04. The molecular weight excluding hydrogens is 282 g/mol. The van der Waals surface area contributed by atoms with Gasteiger partial charge in [-0.2, -0.15) is 0 Å². The van der Waals surface area contributed by atoms with Gasteiger partial charge >= 0.3 is 0 Å². The minimum atomic E-state index is 0.129. The molecule has 2 unspecified atom stereocenters. The van der Waals surface area contributed by atoms with Crippen LogP contribution in [0.25, 0.3) is 0 Å². The Bertz CT molecular complexity index is 476. The molecule has 3 N–H and O–H groups in total. The number of hydrogen-bond donors (Lipinski definition) is 2. The number of nitrogens with one attached hydrogen (secondary N) is 1. The Hall–Kier alpha value is -0.490. The highest BCUT2D eigenvalue weighted by Gasteiger charge is 2.41. The lowest BCUT2D eigenvalue weighted by Crippen LogP contribution is -2.45. The van der Waals surface area contributed by atoms with E-state index in [0.29, 0.717) is 5.92 Å². The molecule has 2 fully saturated rings. The van der Waals surface area contributed by atoms with Crippen LogP contribution >= 0.6 is 11.3 Å². The van der Waals surface area contributed by atoms with E-state index in [-0.39, 0.29) is 11.6 Å². The number of ether oxygens (including phenoxy) is 1. The molecular formula is C16H27N3OS. The quantitative estimate of drug-likeness (QED) is 0.663. The molecule has 0 aromatic carbocycles. The summed E-state index contributed by atoms with van der Waals surface area (Å²) >= 11 is 1.78. The molecule has 5 heteroatoms. The van der Waals surface area contributed by atoms with E-state index in [0.717, 1.165) is 30.2 Å². The average molecular weight is 309 g/mol. The summed E-state index contributed by atoms with van der Waals surface area (Å²) in [4.78, 5) is 5.88. The van der Waals surface area contributed by atoms with Crippen LogP contribution in [0.15, 0.2) is 0 Å². The molecule has 2 heterocycles. The molecule has 0 bridgehead atoms. The second-order valence-electron chi connectivity index (χ2n) is 6.67. The zero-order valence-corrected chi connectivity index (χ0v) is 14.0. The normalized spacial score (nSPS) is 26.9. The van der Waals surface area contributed by atoms with E-state index in [1.165, 1.54) is 37.0 Å². The number of hydrazine groups is 1. The first kappa shape index (κ1) is 15.4. The highest BCUT2D eigenvalue weighted by Crippen LogP contribution is 2.45. The van der Waals surface area contributed by atoms with Crippen molar-refractivity contribution in [1.82, 2.24) is 10.4 Å². The van der Waals surface area contributed by atoms with Crippen molar-refractivity contribution in [3.8, 4) is 0 Å². The van der Waals surface area contributed by atoms with Crippen molar-refractivity contribution in [1.29, 1.82) is 0 Å². The number of nitrogens with two attached hydrogens (primary N) is 1. The van der Waals surface area contributed by atoms with Crippen molar-refractivity contribution in [3.05, 3.63) is 15.6 Å². The third-order valence-corrected chi connectivity index (χ3v) is 6.32. The Morgan fingerprint density at radius 2 is 2.10 bits per heavy atom. The van der Waals surface area contributed by atoms with Gasteiger partial charge in [-0.15, -0.1) is 11.3 Å². The monoisotopic (exact) mass is 309 g/mol. The number of aromatic nitrogens is 1. The summed E-state index contributed by atoms with van der Waals surface area (Å²) < 4.78 is 6.22. The fourth-order valence-electron chi connectivity index (χ4n) is 4.16. The Morgan fingerprint density at radius 3 is 2.71 bits per heavy atom. The second kappa shape index (κ2) is 6.32. The van der Waals surface area contributed by atoms with Gasteiger partial charge in [0, 0.05) is 11.5 Å². The average Bonchev–Trinajstić information content (AvgIpc) is 2.80. The van der Waals surface area contributed by atoms with Crippen LogP contribution in [-0.4, -0.2) is 17.2 Å². The summed E-state index contributed by atoms with van der Waals surface area (Å²) in [5, 5.41) is 1.13. The van der Waals surface area contributed by atoms with Gasteiger partial charge in [0.25, 0.3) is 0 Å². The first-order valence-electron chi connectivity index (χ1n) is 8.17. The van der Waals surface area contributed by atoms with Gasteiger partial charge in [0.05, 0.1) is 22.3 Å². The van der Waals surface area contributed by atoms with Gasteiger partial charge in [-0.1, -0.05) is 19.3 Å². The lowest BCUT2D eigenvalue weighted by Gasteiger charge is -2.45. The summed E-state index contributed by atoms with van der Waals surface area (Å²) in [6.07, 6.45) is 8.66. The molecule has 21 heavy (non-hydrogen) atoms. The van der Waals surface area contributed by atoms with Crippen molar-refractivity contribution >= 4 is 11.3 Å². The Kier molecular flexibility index (Phi) is 4.64. The standard InChI is InChI=1S/C16H27N3OS/c1-11-15(21-12(2)18-11)14(19-17)13-6-9-20-16(10-13)7-4-3-5-8-16/h13-14,19H,3-10,17H2,1-2H3. The van der Waals surface area contributed by atoms with E-state index < -0.39 is 0 Å². The summed E-state index contributed by atoms with van der Waals surface area (Å²) in [5.74, 6) is 6.48. The maximum Gasteiger partial charge on any atom is 0.0900 e. The minimum Gasteiger partial charge on any atom is -0.375 e. The van der Waals surface area contributed by atoms with E-state index in [1.54, 1.807) is 11.3 Å². The van der Waals surface area contributed by atoms with E-state index in [9.17, 15) is 0 Å². The van der Waals surface area contributed by atoms with Crippen LogP contribution < -0.4 is 11.3 Å². The molecule has 0 amide bonds. The van der Waals surface area contributed by atoms with Gasteiger partial charge in [-0.25, -0.2) is 4.98 Å². The van der Waals surface area contributed by atoms with Gasteiger partial charge < -0.3 is 4.74 Å². The maximum absolute atomic E-state index is 6.22. The number of hydrogen-bond acceptors (Lipinski definition) is 5. The van der Waals surface area contributed by atoms with Gasteiger partial charge in [0.2, 0.25) is 0 Å². The maximum atomic E-state index is 6.22. The molecule has 1 saturated heterocycles. The van der Waals surface area contributed by atoms with Crippen LogP contribution in [0, 0.1) is 19.8 Å². The Balaban J connectivity index is 1.78. The Morgan fingerprint density at radius 1 is 1.33 bits per heavy atom. The van der Waals surface area contributed by atoms with Crippen LogP contribution in [-0.2, 0) is 4.74 Å². The van der Waals surface area contributed by atoms with E-state index in [2.05, 4.69) is 24.3 Å². The summed E-state index contributed by atoms with van der Waals surface area (Å²) in [6, 6.07) is 0.221. The zero-order chi connectivity index (χ0) is 14.9. The van der Waals surface area contributed by atoms with E-state index in [4.69, 9.17) is 10.6 Å². The molecule has 1 aliphatic heterocycles. The molecule has 3 rings (SSSR count). The largest absolute Gasteiger partial charge is 0.375 e. The zero-order valence-electron chi connectivity index (χ0n) is 13.2. The molecule has 2 atom stereocenters. The third-order valence-electron chi connectivity index (χ3n) is 5.17. The van der Waals surface area contributed by atoms with Crippen LogP contribution in [0.3, 0.4) is 0 Å². The highest BCUT2D eigenvalue weighted by atomic mass is 32.1. The molecule has 1 aromatic heterocycles. The molecule has 1 aromatic rings. The van der Waals surface area contributed by atoms with Crippen molar-refractivity contribution in [3.63, 3.8) is 0 Å². The summed E-state index contributed by atoms with van der Waals surface area (Å²) in [7, 11) is 0. The number of aryl methyl sites for hydroxylation is 2. The fourth-order valence-corrected chi connectivity index (χ4v) is 5.24. The van der Waals surface area contributed by atoms with Crippen molar-refractivity contribution in [2.45, 2.75) is 70.4 Å². The molecule has 1 aliphatic carbocycles. The van der Waals surface area contributed by atoms with Crippen LogP contribution in [0.5, 0.6) is 0 Å². The van der Waals surface area contributed by atoms with Crippen molar-refractivity contribution in [2.75, 3.05) is 6.61 Å². The van der Waals surface area contributed by atoms with Crippen LogP contribution in [0.4, 0.5) is 0 Å². The number of nitrogens with zero attached hydrogens (tertiary/aromatic N) is 1. The molecule has 0 radical (unpaired) electrons. The molecule has 1 spiro atoms. The molecule has 118 valence electrons. The van der Waals surface area contributed by atoms with Crippen molar-refractivity contribution < 1.29 is 4.74 Å². The number of thiazole rings is 1. The Labute approximate surface area is 131 Å². The topological polar surface area (TPSA) is 60.2 Å². The van der Waals surface area contributed by atoms with Crippen molar-refractivity contribution in [2.24, 2.45) is 11.8 Å². The van der Waals surface area contributed by atoms with Gasteiger partial charge in [0.15, 0.2) is 0 Å². The summed E-state index contributed by atoms with van der Waals surface area (Å²) in [5.41, 5.74) is 4.34. The van der Waals surface area contributed by atoms with Gasteiger partial charge in [-0.05, 0) is 45.4 Å². The first-order chi connectivity index (χ1) is 10.1. The van der Waals surface area contributed by atoms with E-state index >= 15 is 0 Å². The molecule has 2 aliphatic rings. The number of rotatable bonds is 3. The van der Waals surface area contributed by atoms with Crippen LogP contribution in [0.2, 0.25) is 0 Å². The lowest BCUT2D eigenvalue weighted by atomic mass is 9.74. The SMILES string of the molecule is Cc1nc(C)c(C(NN)C2CCOC3(CCCCC3)C2)s1. The predicted molar refractivity (Wildman–Crippen MR) is 86.1 cm³/mol. The first-order valence-corrected chi connectivity index (χ1v) is 8.99. The molecule has 1 saturated carbocycles. The van der Waals surface area contributed by atoms with E-state index in [1.807, 2.05) is 0 Å². The lowest BCUT2D eigenvalue weighted by molar-refractivity contribution is -0.122. The van der Waals surface area contributed by atoms with Gasteiger partial charge in [-0.3, -0.25) is 11.3 Å².